The maximum atomic E-state index is 13.6. The summed E-state index contributed by atoms with van der Waals surface area (Å²) in [6, 6.07) is 7.75. The number of aliphatic hydroxyl groups is 2. The van der Waals surface area contributed by atoms with Crippen LogP contribution in [0.25, 0.3) is 0 Å². The summed E-state index contributed by atoms with van der Waals surface area (Å²) in [4.78, 5) is 122. The third-order valence-corrected chi connectivity index (χ3v) is 11.0. The molecule has 8 unspecified atom stereocenters. The lowest BCUT2D eigenvalue weighted by Crippen LogP contribution is -2.60. The first-order valence-electron chi connectivity index (χ1n) is 24.0. The number of carboxylic acids is 1. The molecule has 0 radical (unpaired) electrons. The number of nitrogens with two attached hydrogens (primary N) is 5. The van der Waals surface area contributed by atoms with Gasteiger partial charge in [-0.15, -0.1) is 0 Å². The molecule has 2 rings (SSSR count). The highest BCUT2D eigenvalue weighted by Gasteiger charge is 2.33. The van der Waals surface area contributed by atoms with Gasteiger partial charge in [0, 0.05) is 19.4 Å². The fourth-order valence-electron chi connectivity index (χ4n) is 7.02. The topological polar surface area (TPSA) is 453 Å². The average molecular weight is 1030 g/mol. The van der Waals surface area contributed by atoms with Gasteiger partial charge in [0.25, 0.3) is 0 Å². The molecule has 2 aromatic carbocycles. The van der Waals surface area contributed by atoms with Crippen LogP contribution < -0.4 is 71.2 Å². The second-order valence-corrected chi connectivity index (χ2v) is 17.1. The number of amides is 8. The van der Waals surface area contributed by atoms with E-state index in [1.165, 1.54) is 6.92 Å². The van der Waals surface area contributed by atoms with Gasteiger partial charge >= 0.3 is 5.97 Å². The normalized spacial score (nSPS) is 14.2. The Morgan fingerprint density at radius 3 is 1.48 bits per heavy atom. The Morgan fingerprint density at radius 1 is 0.548 bits per heavy atom. The number of rotatable bonds is 35. The van der Waals surface area contributed by atoms with Gasteiger partial charge in [-0.1, -0.05) is 60.7 Å². The Hall–Kier alpha value is -7.26. The van der Waals surface area contributed by atoms with Crippen LogP contribution in [0.3, 0.4) is 0 Å². The quantitative estimate of drug-likeness (QED) is 0.0174. The van der Waals surface area contributed by atoms with E-state index in [4.69, 9.17) is 28.7 Å². The van der Waals surface area contributed by atoms with Crippen LogP contribution in [0.5, 0.6) is 0 Å². The van der Waals surface area contributed by atoms with Crippen LogP contribution in [0.2, 0.25) is 0 Å². The Kier molecular flexibility index (Phi) is 29.0. The fraction of sp³-hybridized carbons (Fsp3) is 0.532. The summed E-state index contributed by atoms with van der Waals surface area (Å²) in [5, 5.41) is 49.7. The maximum Gasteiger partial charge on any atom is 0.326 e. The monoisotopic (exact) mass is 1030 g/mol. The number of nitrogens with one attached hydrogen (secondary N) is 8. The highest BCUT2D eigenvalue weighted by molar-refractivity contribution is 5.97. The van der Waals surface area contributed by atoms with Crippen molar-refractivity contribution in [1.29, 1.82) is 0 Å². The summed E-state index contributed by atoms with van der Waals surface area (Å²) in [7, 11) is 0. The van der Waals surface area contributed by atoms with Gasteiger partial charge < -0.3 is 86.5 Å². The van der Waals surface area contributed by atoms with Crippen molar-refractivity contribution in [2.45, 2.75) is 120 Å². The molecule has 73 heavy (non-hydrogen) atoms. The number of aliphatic hydroxyl groups excluding tert-OH is 2. The predicted molar refractivity (Wildman–Crippen MR) is 268 cm³/mol. The van der Waals surface area contributed by atoms with Crippen LogP contribution >= 0.6 is 0 Å². The Morgan fingerprint density at radius 2 is 1.00 bits per heavy atom. The molecule has 0 fully saturated rings. The molecule has 0 saturated heterocycles. The zero-order valence-electron chi connectivity index (χ0n) is 41.1. The molecule has 8 atom stereocenters. The van der Waals surface area contributed by atoms with Crippen molar-refractivity contribution in [3.63, 3.8) is 0 Å². The van der Waals surface area contributed by atoms with E-state index in [1.54, 1.807) is 60.7 Å². The minimum atomic E-state index is -1.63. The molecule has 0 spiro atoms. The molecule has 0 saturated carbocycles. The molecule has 0 aromatic heterocycles. The van der Waals surface area contributed by atoms with Crippen molar-refractivity contribution in [2.24, 2.45) is 33.7 Å². The molecule has 404 valence electrons. The van der Waals surface area contributed by atoms with Gasteiger partial charge in [-0.05, 0) is 82.5 Å². The summed E-state index contributed by atoms with van der Waals surface area (Å²) in [6.07, 6.45) is 0.737. The van der Waals surface area contributed by atoms with Crippen LogP contribution in [-0.4, -0.2) is 162 Å². The number of benzene rings is 2. The highest BCUT2D eigenvalue weighted by Crippen LogP contribution is 2.09. The molecule has 0 aliphatic carbocycles. The fourth-order valence-corrected chi connectivity index (χ4v) is 7.02. The van der Waals surface area contributed by atoms with E-state index in [2.05, 4.69) is 47.5 Å². The Bertz CT molecular complexity index is 2110. The first kappa shape index (κ1) is 61.9. The van der Waals surface area contributed by atoms with E-state index in [-0.39, 0.29) is 51.2 Å². The second kappa shape index (κ2) is 34.2. The number of guanidine groups is 1. The van der Waals surface area contributed by atoms with E-state index < -0.39 is 121 Å². The van der Waals surface area contributed by atoms with Gasteiger partial charge in [0.05, 0.1) is 31.8 Å². The third kappa shape index (κ3) is 24.6. The summed E-state index contributed by atoms with van der Waals surface area (Å²) in [5.41, 5.74) is 29.2. The van der Waals surface area contributed by atoms with Gasteiger partial charge in [-0.2, -0.15) is 0 Å². The van der Waals surface area contributed by atoms with E-state index in [0.717, 1.165) is 0 Å². The van der Waals surface area contributed by atoms with E-state index >= 15 is 0 Å². The van der Waals surface area contributed by atoms with Crippen molar-refractivity contribution in [3.05, 3.63) is 71.8 Å². The van der Waals surface area contributed by atoms with Crippen molar-refractivity contribution in [1.82, 2.24) is 42.5 Å². The zero-order chi connectivity index (χ0) is 54.3. The third-order valence-electron chi connectivity index (χ3n) is 11.0. The van der Waals surface area contributed by atoms with Crippen LogP contribution in [0.4, 0.5) is 0 Å². The number of hydrogen-bond donors (Lipinski definition) is 16. The molecule has 0 aliphatic rings. The molecule has 26 heteroatoms. The Labute approximate surface area is 423 Å². The van der Waals surface area contributed by atoms with Gasteiger partial charge in [0.15, 0.2) is 5.96 Å². The first-order valence-corrected chi connectivity index (χ1v) is 24.0. The molecular weight excluding hydrogens is 953 g/mol. The van der Waals surface area contributed by atoms with E-state index in [9.17, 15) is 58.5 Å². The van der Waals surface area contributed by atoms with E-state index in [1.807, 2.05) is 0 Å². The molecule has 0 bridgehead atoms. The zero-order valence-corrected chi connectivity index (χ0v) is 41.1. The lowest BCUT2D eigenvalue weighted by molar-refractivity contribution is -0.142. The predicted octanol–water partition coefficient (Wildman–Crippen LogP) is -5.29. The van der Waals surface area contributed by atoms with Crippen molar-refractivity contribution >= 4 is 59.2 Å². The van der Waals surface area contributed by atoms with Gasteiger partial charge in [0.1, 0.15) is 36.3 Å². The SMILES string of the molecule is CC(O)C(NC(=O)C(CCCCN)NC(=O)C(N)CCCN=C(N)N)C(=O)NC(CCCCN)C(=O)NCC(=O)NC(CO)C(=O)NCC(=O)NC(Cc1ccccc1)C(=O)NC(Cc1ccccc1)C(=O)O. The summed E-state index contributed by atoms with van der Waals surface area (Å²) in [6.45, 7) is -0.448. The average Bonchev–Trinajstić information content (AvgIpc) is 3.36. The molecule has 26 nitrogen and oxygen atoms in total. The smallest absolute Gasteiger partial charge is 0.326 e. The molecular formula is C47H74N14O12. The molecule has 2 aromatic rings. The van der Waals surface area contributed by atoms with E-state index in [0.29, 0.717) is 49.8 Å². The minimum absolute atomic E-state index is 0.00113. The van der Waals surface area contributed by atoms with Gasteiger partial charge in [0.2, 0.25) is 47.3 Å². The number of aliphatic imine (C=N–C) groups is 1. The Balaban J connectivity index is 2.07. The standard InChI is InChI=1S/C47H74N14O12/c1-28(63)39(61-43(69)33(19-9-11-21-49)58-40(66)31(50)17-12-22-53-47(51)52)45(71)59-32(18-8-10-20-48)41(67)54-26-38(65)57-36(27-62)42(68)55-25-37(64)56-34(23-29-13-4-2-5-14-29)44(70)60-35(46(72)73)24-30-15-6-3-7-16-30/h2-7,13-16,28,31-36,39,62-63H,8-12,17-27,48-50H2,1H3,(H,54,67)(H,55,68)(H,56,64)(H,57,65)(H,58,66)(H,59,71)(H,60,70)(H,61,69)(H,72,73)(H4,51,52,53). The molecule has 0 heterocycles. The molecule has 0 aliphatic heterocycles. The number of hydrogen-bond acceptors (Lipinski definition) is 15. The number of carbonyl (C=O) groups excluding carboxylic acids is 8. The summed E-state index contributed by atoms with van der Waals surface area (Å²) < 4.78 is 0. The van der Waals surface area contributed by atoms with Crippen LogP contribution in [0.1, 0.15) is 69.4 Å². The molecule has 21 N–H and O–H groups in total. The molecule has 8 amide bonds. The summed E-state index contributed by atoms with van der Waals surface area (Å²) in [5.74, 6) is -8.42. The second-order valence-electron chi connectivity index (χ2n) is 17.1. The maximum absolute atomic E-state index is 13.6. The number of unbranched alkanes of at least 4 members (excludes halogenated alkanes) is 2. The van der Waals surface area contributed by atoms with Crippen molar-refractivity contribution < 1.29 is 58.5 Å². The first-order chi connectivity index (χ1) is 34.8. The number of carboxylic acid groups (broad SMARTS) is 1. The minimum Gasteiger partial charge on any atom is -0.480 e. The van der Waals surface area contributed by atoms with Crippen LogP contribution in [-0.2, 0) is 56.0 Å². The van der Waals surface area contributed by atoms with Crippen LogP contribution in [0, 0.1) is 0 Å². The number of nitrogens with zero attached hydrogens (tertiary/aromatic N) is 1. The van der Waals surface area contributed by atoms with Crippen molar-refractivity contribution in [3.8, 4) is 0 Å². The summed E-state index contributed by atoms with van der Waals surface area (Å²) >= 11 is 0. The van der Waals surface area contributed by atoms with Gasteiger partial charge in [-0.25, -0.2) is 4.79 Å². The largest absolute Gasteiger partial charge is 0.480 e. The van der Waals surface area contributed by atoms with Crippen LogP contribution in [0.15, 0.2) is 65.7 Å². The van der Waals surface area contributed by atoms with Crippen molar-refractivity contribution in [2.75, 3.05) is 39.3 Å². The lowest BCUT2D eigenvalue weighted by Gasteiger charge is -2.27. The number of carbonyl (C=O) groups is 9. The highest BCUT2D eigenvalue weighted by atomic mass is 16.4. The van der Waals surface area contributed by atoms with Gasteiger partial charge in [-0.3, -0.25) is 43.3 Å². The number of aliphatic carboxylic acids is 1. The lowest BCUT2D eigenvalue weighted by atomic mass is 10.0.